The van der Waals surface area contributed by atoms with Gasteiger partial charge in [-0.05, 0) is 23.6 Å². The van der Waals surface area contributed by atoms with Gasteiger partial charge in [0, 0.05) is 7.11 Å². The van der Waals surface area contributed by atoms with Crippen LogP contribution in [0.25, 0.3) is 0 Å². The van der Waals surface area contributed by atoms with Crippen molar-refractivity contribution in [2.45, 2.75) is 32.7 Å². The summed E-state index contributed by atoms with van der Waals surface area (Å²) in [5.74, 6) is 1.56. The summed E-state index contributed by atoms with van der Waals surface area (Å²) in [7, 11) is 2.00. The van der Waals surface area contributed by atoms with Crippen molar-refractivity contribution in [3.63, 3.8) is 0 Å². The van der Waals surface area contributed by atoms with Gasteiger partial charge < -0.3 is 13.9 Å². The molecule has 1 aromatic rings. The maximum absolute atomic E-state index is 5.88. The Kier molecular flexibility index (Phi) is 5.02. The van der Waals surface area contributed by atoms with Gasteiger partial charge in [0.25, 0.3) is 0 Å². The molecule has 0 atom stereocenters. The van der Waals surface area contributed by atoms with E-state index in [-0.39, 0.29) is 11.8 Å². The highest BCUT2D eigenvalue weighted by Gasteiger charge is 2.17. The fourth-order valence-corrected chi connectivity index (χ4v) is 1.87. The lowest BCUT2D eigenvalue weighted by Gasteiger charge is -2.19. The maximum Gasteiger partial charge on any atom is 0.317 e. The fourth-order valence-electron chi connectivity index (χ4n) is 1.20. The summed E-state index contributed by atoms with van der Waals surface area (Å²) in [6, 6.07) is 5.87. The van der Waals surface area contributed by atoms with Gasteiger partial charge in [-0.1, -0.05) is 32.9 Å². The van der Waals surface area contributed by atoms with Crippen LogP contribution in [0.1, 0.15) is 26.3 Å². The fraction of sp³-hybridized carbons (Fsp3) is 0.538. The first kappa shape index (κ1) is 14.1. The van der Waals surface area contributed by atoms with Gasteiger partial charge >= 0.3 is 9.76 Å². The molecule has 17 heavy (non-hydrogen) atoms. The second kappa shape index (κ2) is 6.07. The van der Waals surface area contributed by atoms with Crippen molar-refractivity contribution in [3.8, 4) is 11.5 Å². The molecule has 4 heteroatoms. The molecule has 1 aromatic carbocycles. The molecule has 0 aliphatic heterocycles. The predicted molar refractivity (Wildman–Crippen MR) is 69.8 cm³/mol. The quantitative estimate of drug-likeness (QED) is 0.595. The first-order valence-electron chi connectivity index (χ1n) is 5.59. The van der Waals surface area contributed by atoms with Gasteiger partial charge in [-0.2, -0.15) is 0 Å². The number of para-hydroxylation sites is 1. The summed E-state index contributed by atoms with van der Waals surface area (Å²) < 4.78 is 16.3. The van der Waals surface area contributed by atoms with Crippen LogP contribution in [0.15, 0.2) is 18.2 Å². The third kappa shape index (κ3) is 4.79. The molecule has 0 unspecified atom stereocenters. The normalized spacial score (nSPS) is 11.4. The second-order valence-electron chi connectivity index (χ2n) is 4.91. The molecule has 0 amide bonds. The highest BCUT2D eigenvalue weighted by molar-refractivity contribution is 6.32. The van der Waals surface area contributed by atoms with Gasteiger partial charge in [-0.3, -0.25) is 0 Å². The highest BCUT2D eigenvalue weighted by atomic mass is 28.2. The summed E-state index contributed by atoms with van der Waals surface area (Å²) in [6.07, 6.45) is 0. The lowest BCUT2D eigenvalue weighted by Crippen LogP contribution is -2.16. The van der Waals surface area contributed by atoms with Gasteiger partial charge in [0.15, 0.2) is 12.5 Å². The molecule has 0 fully saturated rings. The zero-order valence-electron chi connectivity index (χ0n) is 11.2. The summed E-state index contributed by atoms with van der Waals surface area (Å²) in [5.41, 5.74) is 1.08. The molecule has 0 aliphatic rings. The van der Waals surface area contributed by atoms with Crippen LogP contribution in [-0.2, 0) is 4.74 Å². The molecule has 0 bridgehead atoms. The number of benzene rings is 1. The largest absolute Gasteiger partial charge is 0.538 e. The predicted octanol–water partition coefficient (Wildman–Crippen LogP) is 3.19. The summed E-state index contributed by atoms with van der Waals surface area (Å²) in [6.45, 7) is 8.71. The van der Waals surface area contributed by atoms with E-state index in [2.05, 4.69) is 20.8 Å². The Morgan fingerprint density at radius 3 is 2.53 bits per heavy atom. The number of hydrogen-bond acceptors (Lipinski definition) is 3. The van der Waals surface area contributed by atoms with E-state index in [1.807, 2.05) is 25.1 Å². The van der Waals surface area contributed by atoms with Crippen molar-refractivity contribution in [2.75, 3.05) is 13.9 Å². The summed E-state index contributed by atoms with van der Waals surface area (Å²) >= 11 is 0. The Morgan fingerprint density at radius 2 is 1.94 bits per heavy atom. The molecule has 3 nitrogen and oxygen atoms in total. The molecule has 0 spiro atoms. The van der Waals surface area contributed by atoms with Gasteiger partial charge in [0.1, 0.15) is 5.75 Å². The highest BCUT2D eigenvalue weighted by Crippen LogP contribution is 2.32. The van der Waals surface area contributed by atoms with Crippen molar-refractivity contribution in [3.05, 3.63) is 23.8 Å². The average Bonchev–Trinajstić information content (AvgIpc) is 2.23. The first-order valence-corrected chi connectivity index (χ1v) is 6.50. The van der Waals surface area contributed by atoms with Gasteiger partial charge in [-0.25, -0.2) is 0 Å². The maximum atomic E-state index is 5.88. The third-order valence-corrected chi connectivity index (χ3v) is 2.89. The van der Waals surface area contributed by atoms with Crippen molar-refractivity contribution >= 4 is 9.76 Å². The van der Waals surface area contributed by atoms with Crippen LogP contribution in [-0.4, -0.2) is 23.7 Å². The van der Waals surface area contributed by atoms with E-state index in [0.717, 1.165) is 17.1 Å². The van der Waals surface area contributed by atoms with E-state index >= 15 is 0 Å². The lowest BCUT2D eigenvalue weighted by molar-refractivity contribution is 0.0498. The van der Waals surface area contributed by atoms with Crippen LogP contribution in [0, 0.1) is 6.92 Å². The SMILES string of the molecule is COCOc1cccc(C)c1O[Si]C(C)(C)C. The van der Waals surface area contributed by atoms with Crippen LogP contribution < -0.4 is 9.16 Å². The zero-order chi connectivity index (χ0) is 12.9. The second-order valence-corrected chi connectivity index (χ2v) is 6.82. The van der Waals surface area contributed by atoms with E-state index in [1.54, 1.807) is 7.11 Å². The Labute approximate surface area is 106 Å². The number of ether oxygens (including phenoxy) is 2. The van der Waals surface area contributed by atoms with Gasteiger partial charge in [-0.15, -0.1) is 0 Å². The van der Waals surface area contributed by atoms with E-state index < -0.39 is 0 Å². The summed E-state index contributed by atoms with van der Waals surface area (Å²) in [4.78, 5) is 0. The van der Waals surface area contributed by atoms with Crippen LogP contribution in [0.3, 0.4) is 0 Å². The number of rotatable bonds is 5. The smallest absolute Gasteiger partial charge is 0.317 e. The van der Waals surface area contributed by atoms with Crippen molar-refractivity contribution in [2.24, 2.45) is 0 Å². The van der Waals surface area contributed by atoms with Crippen LogP contribution in [0.5, 0.6) is 11.5 Å². The average molecular weight is 252 g/mol. The standard InChI is InChI=1S/C13H20O3Si/c1-10-7-6-8-11(15-9-14-5)12(10)16-17-13(2,3)4/h6-8H,9H2,1-5H3. The minimum atomic E-state index is 0.154. The molecule has 0 heterocycles. The molecular formula is C13H20O3Si. The number of aryl methyl sites for hydroxylation is 1. The Morgan fingerprint density at radius 1 is 1.24 bits per heavy atom. The monoisotopic (exact) mass is 252 g/mol. The minimum Gasteiger partial charge on any atom is -0.538 e. The molecule has 0 aromatic heterocycles. The van der Waals surface area contributed by atoms with Crippen molar-refractivity contribution in [1.82, 2.24) is 0 Å². The molecule has 0 N–H and O–H groups in total. The Balaban J connectivity index is 2.80. The number of methoxy groups -OCH3 is 1. The Hall–Kier alpha value is -1.00. The summed E-state index contributed by atoms with van der Waals surface area (Å²) in [5, 5.41) is 0.154. The molecule has 0 aliphatic carbocycles. The van der Waals surface area contributed by atoms with Crippen LogP contribution in [0.4, 0.5) is 0 Å². The van der Waals surface area contributed by atoms with E-state index in [9.17, 15) is 0 Å². The molecule has 1 rings (SSSR count). The first-order chi connectivity index (χ1) is 7.94. The van der Waals surface area contributed by atoms with Crippen molar-refractivity contribution < 1.29 is 13.9 Å². The minimum absolute atomic E-state index is 0.154. The Bertz CT molecular complexity index is 358. The van der Waals surface area contributed by atoms with Crippen LogP contribution in [0.2, 0.25) is 5.04 Å². The molecular weight excluding hydrogens is 232 g/mol. The zero-order valence-corrected chi connectivity index (χ0v) is 12.2. The van der Waals surface area contributed by atoms with Gasteiger partial charge in [0.2, 0.25) is 0 Å². The molecule has 2 radical (unpaired) electrons. The number of hydrogen-bond donors (Lipinski definition) is 0. The molecule has 0 saturated heterocycles. The van der Waals surface area contributed by atoms with Crippen LogP contribution >= 0.6 is 0 Å². The molecule has 94 valence electrons. The topological polar surface area (TPSA) is 27.7 Å². The third-order valence-electron chi connectivity index (χ3n) is 1.97. The van der Waals surface area contributed by atoms with Crippen molar-refractivity contribution in [1.29, 1.82) is 0 Å². The van der Waals surface area contributed by atoms with Gasteiger partial charge in [0.05, 0.1) is 0 Å². The molecule has 0 saturated carbocycles. The lowest BCUT2D eigenvalue weighted by atomic mass is 10.2. The van der Waals surface area contributed by atoms with E-state index in [4.69, 9.17) is 13.9 Å². The van der Waals surface area contributed by atoms with E-state index in [0.29, 0.717) is 9.76 Å². The van der Waals surface area contributed by atoms with E-state index in [1.165, 1.54) is 0 Å².